The molecule has 0 amide bonds. The van der Waals surface area contributed by atoms with Gasteiger partial charge in [-0.3, -0.25) is 0 Å². The summed E-state index contributed by atoms with van der Waals surface area (Å²) in [6, 6.07) is 3.25. The molecule has 2 N–H and O–H groups in total. The maximum Gasteiger partial charge on any atom is 0.167 e. The lowest BCUT2D eigenvalue weighted by molar-refractivity contribution is 0.275. The summed E-state index contributed by atoms with van der Waals surface area (Å²) in [6.45, 7) is 4.25. The Hall–Kier alpha value is -1.23. The van der Waals surface area contributed by atoms with E-state index in [0.29, 0.717) is 18.0 Å². The van der Waals surface area contributed by atoms with Gasteiger partial charge in [0.15, 0.2) is 11.6 Å². The molecule has 1 aromatic carbocycles. The highest BCUT2D eigenvalue weighted by molar-refractivity contribution is 7.80. The zero-order chi connectivity index (χ0) is 13.8. The van der Waals surface area contributed by atoms with Crippen LogP contribution >= 0.6 is 12.2 Å². The van der Waals surface area contributed by atoms with Crippen molar-refractivity contribution in [1.82, 2.24) is 0 Å². The van der Waals surface area contributed by atoms with Crippen LogP contribution in [0.15, 0.2) is 18.2 Å². The van der Waals surface area contributed by atoms with Gasteiger partial charge in [0.05, 0.1) is 11.6 Å². The summed E-state index contributed by atoms with van der Waals surface area (Å²) >= 11 is 4.95. The van der Waals surface area contributed by atoms with Crippen molar-refractivity contribution >= 4 is 17.2 Å². The third kappa shape index (κ3) is 4.22. The maximum atomic E-state index is 13.2. The van der Waals surface area contributed by atoms with Crippen molar-refractivity contribution in [3.63, 3.8) is 0 Å². The standard InChI is InChI=1S/C13H17F2NOS/c1-13(2,12(16)18)6-3-7-17-11-5-4-9(14)8-10(11)15/h4-5,8H,3,6-7H2,1-2H3,(H2,16,18). The van der Waals surface area contributed by atoms with E-state index in [4.69, 9.17) is 22.7 Å². The smallest absolute Gasteiger partial charge is 0.167 e. The topological polar surface area (TPSA) is 35.2 Å². The molecule has 2 nitrogen and oxygen atoms in total. The van der Waals surface area contributed by atoms with Crippen LogP contribution in [0, 0.1) is 17.0 Å². The lowest BCUT2D eigenvalue weighted by Gasteiger charge is -2.22. The van der Waals surface area contributed by atoms with Gasteiger partial charge in [-0.25, -0.2) is 8.78 Å². The fourth-order valence-electron chi connectivity index (χ4n) is 1.41. The minimum Gasteiger partial charge on any atom is -0.491 e. The molecule has 0 unspecified atom stereocenters. The Labute approximate surface area is 111 Å². The second-order valence-corrected chi connectivity index (χ2v) is 5.21. The van der Waals surface area contributed by atoms with Crippen LogP contribution in [-0.4, -0.2) is 11.6 Å². The molecule has 100 valence electrons. The number of benzene rings is 1. The third-order valence-electron chi connectivity index (χ3n) is 2.76. The molecule has 0 aromatic heterocycles. The molecule has 1 rings (SSSR count). The molecule has 0 saturated carbocycles. The first kappa shape index (κ1) is 14.8. The summed E-state index contributed by atoms with van der Waals surface area (Å²) in [6.07, 6.45) is 1.45. The summed E-state index contributed by atoms with van der Waals surface area (Å²) < 4.78 is 31.1. The second kappa shape index (κ2) is 6.09. The van der Waals surface area contributed by atoms with Crippen LogP contribution in [-0.2, 0) is 0 Å². The first-order chi connectivity index (χ1) is 8.33. The highest BCUT2D eigenvalue weighted by Gasteiger charge is 2.20. The van der Waals surface area contributed by atoms with Gasteiger partial charge in [-0.15, -0.1) is 0 Å². The van der Waals surface area contributed by atoms with E-state index in [1.165, 1.54) is 6.07 Å². The van der Waals surface area contributed by atoms with E-state index in [0.717, 1.165) is 18.6 Å². The van der Waals surface area contributed by atoms with Gasteiger partial charge in [0.25, 0.3) is 0 Å². The number of hydrogen-bond donors (Lipinski definition) is 1. The Bertz CT molecular complexity index is 435. The fourth-order valence-corrected chi connectivity index (χ4v) is 1.51. The first-order valence-corrected chi connectivity index (χ1v) is 6.11. The minimum atomic E-state index is -0.691. The Morgan fingerprint density at radius 1 is 1.39 bits per heavy atom. The van der Waals surface area contributed by atoms with E-state index in [2.05, 4.69) is 0 Å². The summed E-state index contributed by atoms with van der Waals surface area (Å²) in [5.74, 6) is -1.25. The lowest BCUT2D eigenvalue weighted by Crippen LogP contribution is -2.30. The van der Waals surface area contributed by atoms with Gasteiger partial charge in [0.2, 0.25) is 0 Å². The Balaban J connectivity index is 2.41. The predicted octanol–water partition coefficient (Wildman–Crippen LogP) is 3.44. The van der Waals surface area contributed by atoms with E-state index in [1.54, 1.807) is 0 Å². The zero-order valence-electron chi connectivity index (χ0n) is 10.5. The Morgan fingerprint density at radius 2 is 2.06 bits per heavy atom. The van der Waals surface area contributed by atoms with Crippen LogP contribution in [0.5, 0.6) is 5.75 Å². The van der Waals surface area contributed by atoms with Gasteiger partial charge in [-0.2, -0.15) is 0 Å². The summed E-state index contributed by atoms with van der Waals surface area (Å²) in [4.78, 5) is 0.454. The molecule has 5 heteroatoms. The molecule has 0 saturated heterocycles. The number of halogens is 2. The van der Waals surface area contributed by atoms with E-state index < -0.39 is 11.6 Å². The largest absolute Gasteiger partial charge is 0.491 e. The number of ether oxygens (including phenoxy) is 1. The average Bonchev–Trinajstić information content (AvgIpc) is 2.26. The number of nitrogens with two attached hydrogens (primary N) is 1. The Kier molecular flexibility index (Phi) is 5.02. The first-order valence-electron chi connectivity index (χ1n) is 5.71. The second-order valence-electron chi connectivity index (χ2n) is 4.77. The van der Waals surface area contributed by atoms with Gasteiger partial charge in [-0.05, 0) is 25.0 Å². The van der Waals surface area contributed by atoms with E-state index >= 15 is 0 Å². The van der Waals surface area contributed by atoms with Crippen molar-refractivity contribution in [1.29, 1.82) is 0 Å². The van der Waals surface area contributed by atoms with Crippen molar-refractivity contribution in [3.8, 4) is 5.75 Å². The minimum absolute atomic E-state index is 0.0598. The molecule has 18 heavy (non-hydrogen) atoms. The molecule has 0 fully saturated rings. The number of thiocarbonyl (C=S) groups is 1. The van der Waals surface area contributed by atoms with Crippen molar-refractivity contribution in [2.45, 2.75) is 26.7 Å². The molecule has 0 aliphatic carbocycles. The summed E-state index contributed by atoms with van der Waals surface area (Å²) in [7, 11) is 0. The van der Waals surface area contributed by atoms with Gasteiger partial charge in [0, 0.05) is 11.5 Å². The summed E-state index contributed by atoms with van der Waals surface area (Å²) in [5, 5.41) is 0. The van der Waals surface area contributed by atoms with Crippen LogP contribution in [0.2, 0.25) is 0 Å². The zero-order valence-corrected chi connectivity index (χ0v) is 11.3. The van der Waals surface area contributed by atoms with Gasteiger partial charge >= 0.3 is 0 Å². The van der Waals surface area contributed by atoms with Gasteiger partial charge < -0.3 is 10.5 Å². The van der Waals surface area contributed by atoms with Gasteiger partial charge in [0.1, 0.15) is 5.82 Å². The van der Waals surface area contributed by atoms with Gasteiger partial charge in [-0.1, -0.05) is 26.1 Å². The molecular weight excluding hydrogens is 256 g/mol. The highest BCUT2D eigenvalue weighted by atomic mass is 32.1. The van der Waals surface area contributed by atoms with E-state index in [9.17, 15) is 8.78 Å². The molecule has 0 bridgehead atoms. The lowest BCUT2D eigenvalue weighted by atomic mass is 9.88. The van der Waals surface area contributed by atoms with Crippen molar-refractivity contribution in [2.24, 2.45) is 11.1 Å². The molecule has 0 aliphatic heterocycles. The summed E-state index contributed by atoms with van der Waals surface area (Å²) in [5.41, 5.74) is 5.36. The Morgan fingerprint density at radius 3 is 2.61 bits per heavy atom. The van der Waals surface area contributed by atoms with E-state index in [1.807, 2.05) is 13.8 Å². The normalized spacial score (nSPS) is 11.3. The average molecular weight is 273 g/mol. The third-order valence-corrected chi connectivity index (χ3v) is 3.32. The highest BCUT2D eigenvalue weighted by Crippen LogP contribution is 2.23. The van der Waals surface area contributed by atoms with Crippen LogP contribution in [0.1, 0.15) is 26.7 Å². The van der Waals surface area contributed by atoms with Crippen molar-refractivity contribution < 1.29 is 13.5 Å². The monoisotopic (exact) mass is 273 g/mol. The van der Waals surface area contributed by atoms with Crippen LogP contribution in [0.25, 0.3) is 0 Å². The molecule has 0 spiro atoms. The molecule has 0 heterocycles. The number of rotatable bonds is 6. The number of hydrogen-bond acceptors (Lipinski definition) is 2. The SMILES string of the molecule is CC(C)(CCCOc1ccc(F)cc1F)C(N)=S. The molecule has 0 radical (unpaired) electrons. The van der Waals surface area contributed by atoms with Crippen molar-refractivity contribution in [2.75, 3.05) is 6.61 Å². The molecular formula is C13H17F2NOS. The van der Waals surface area contributed by atoms with E-state index in [-0.39, 0.29) is 11.2 Å². The molecule has 0 atom stereocenters. The van der Waals surface area contributed by atoms with Crippen LogP contribution in [0.4, 0.5) is 8.78 Å². The van der Waals surface area contributed by atoms with Crippen LogP contribution in [0.3, 0.4) is 0 Å². The maximum absolute atomic E-state index is 13.2. The predicted molar refractivity (Wildman–Crippen MR) is 71.7 cm³/mol. The molecule has 0 aliphatic rings. The molecule has 1 aromatic rings. The quantitative estimate of drug-likeness (QED) is 0.637. The fraction of sp³-hybridized carbons (Fsp3) is 0.462. The van der Waals surface area contributed by atoms with Crippen molar-refractivity contribution in [3.05, 3.63) is 29.8 Å². The van der Waals surface area contributed by atoms with Crippen LogP contribution < -0.4 is 10.5 Å².